The van der Waals surface area contributed by atoms with Gasteiger partial charge in [0, 0.05) is 6.42 Å². The predicted molar refractivity (Wildman–Crippen MR) is 262 cm³/mol. The van der Waals surface area contributed by atoms with Crippen LogP contribution in [0.25, 0.3) is 0 Å². The first-order valence-electron chi connectivity index (χ1n) is 22.9. The molecule has 0 rings (SSSR count). The second kappa shape index (κ2) is 44.9. The van der Waals surface area contributed by atoms with Gasteiger partial charge in [0.2, 0.25) is 5.91 Å². The lowest BCUT2D eigenvalue weighted by Crippen LogP contribution is -2.43. The number of aliphatic hydroxyl groups excluding tert-OH is 1. The van der Waals surface area contributed by atoms with Gasteiger partial charge in [-0.25, -0.2) is 9.36 Å². The lowest BCUT2D eigenvalue weighted by Gasteiger charge is -2.18. The van der Waals surface area contributed by atoms with Gasteiger partial charge < -0.3 is 25.2 Å². The van der Waals surface area contributed by atoms with E-state index in [1.54, 1.807) is 6.08 Å². The maximum atomic E-state index is 12.3. The van der Waals surface area contributed by atoms with E-state index < -0.39 is 57.6 Å². The monoisotopic (exact) mass is 908 g/mol. The largest absolute Gasteiger partial charge is 0.480 e. The van der Waals surface area contributed by atoms with E-state index in [-0.39, 0.29) is 12.8 Å². The number of carboxylic acids is 1. The third-order valence-electron chi connectivity index (χ3n) is 8.66. The van der Waals surface area contributed by atoms with E-state index in [0.717, 1.165) is 89.9 Å². The lowest BCUT2D eigenvalue weighted by atomic mass is 10.1. The fraction of sp³-hybridized carbons (Fsp3) is 0.481. The first-order chi connectivity index (χ1) is 31.1. The molecule has 11 nitrogen and oxygen atoms in total. The molecule has 0 aliphatic heterocycles. The average molecular weight is 908 g/mol. The molecule has 0 aliphatic rings. The van der Waals surface area contributed by atoms with E-state index in [9.17, 15) is 34.1 Å². The number of carbonyl (C=O) groups excluding carboxylic acids is 2. The minimum atomic E-state index is -4.80. The number of aliphatic hydroxyl groups is 1. The van der Waals surface area contributed by atoms with Crippen LogP contribution in [-0.2, 0) is 32.7 Å². The van der Waals surface area contributed by atoms with Crippen molar-refractivity contribution >= 4 is 25.7 Å². The summed E-state index contributed by atoms with van der Waals surface area (Å²) in [6.07, 6.45) is 63.2. The number of rotatable bonds is 40. The molecule has 0 bridgehead atoms. The Bertz CT molecular complexity index is 1630. The minimum absolute atomic E-state index is 0.0226. The van der Waals surface area contributed by atoms with Crippen LogP contribution in [0.2, 0.25) is 0 Å². The first-order valence-corrected chi connectivity index (χ1v) is 24.4. The van der Waals surface area contributed by atoms with Crippen LogP contribution in [0.5, 0.6) is 0 Å². The highest BCUT2D eigenvalue weighted by Gasteiger charge is 2.28. The molecule has 0 saturated heterocycles. The van der Waals surface area contributed by atoms with Gasteiger partial charge in [0.05, 0.1) is 19.6 Å². The van der Waals surface area contributed by atoms with Gasteiger partial charge in [-0.1, -0.05) is 166 Å². The number of esters is 1. The molecule has 0 fully saturated rings. The van der Waals surface area contributed by atoms with Crippen molar-refractivity contribution in [1.29, 1.82) is 0 Å². The van der Waals surface area contributed by atoms with E-state index in [2.05, 4.69) is 141 Å². The van der Waals surface area contributed by atoms with Crippen LogP contribution in [-0.4, -0.2) is 64.9 Å². The number of unbranched alkanes of at least 4 members (excludes halogenated alkanes) is 3. The molecule has 64 heavy (non-hydrogen) atoms. The molecule has 0 aromatic carbocycles. The molecule has 0 aromatic heterocycles. The highest BCUT2D eigenvalue weighted by atomic mass is 31.2. The molecule has 0 spiro atoms. The number of aliphatic carboxylic acids is 1. The van der Waals surface area contributed by atoms with Gasteiger partial charge in [0.1, 0.15) is 12.7 Å². The summed E-state index contributed by atoms with van der Waals surface area (Å²) in [6, 6.07) is -1.59. The summed E-state index contributed by atoms with van der Waals surface area (Å²) in [5.41, 5.74) is 0. The van der Waals surface area contributed by atoms with Crippen molar-refractivity contribution in [2.75, 3.05) is 19.8 Å². The van der Waals surface area contributed by atoms with E-state index in [1.165, 1.54) is 0 Å². The fourth-order valence-corrected chi connectivity index (χ4v) is 5.96. The quantitative estimate of drug-likeness (QED) is 0.0201. The second-order valence-corrected chi connectivity index (χ2v) is 15.9. The summed E-state index contributed by atoms with van der Waals surface area (Å²) in [4.78, 5) is 45.9. The molecule has 12 heteroatoms. The topological polar surface area (TPSA) is 169 Å². The Balaban J connectivity index is 4.09. The number of amides is 1. The third kappa shape index (κ3) is 44.0. The molecule has 3 atom stereocenters. The van der Waals surface area contributed by atoms with Crippen LogP contribution in [0, 0.1) is 0 Å². The van der Waals surface area contributed by atoms with E-state index in [1.807, 2.05) is 18.2 Å². The maximum absolute atomic E-state index is 12.3. The molecule has 0 heterocycles. The van der Waals surface area contributed by atoms with Gasteiger partial charge >= 0.3 is 19.8 Å². The summed E-state index contributed by atoms with van der Waals surface area (Å²) in [5, 5.41) is 21.8. The van der Waals surface area contributed by atoms with Crippen LogP contribution in [0.4, 0.5) is 0 Å². The van der Waals surface area contributed by atoms with Crippen LogP contribution in [0.15, 0.2) is 146 Å². The molecular formula is C52H78NO10P. The van der Waals surface area contributed by atoms with Gasteiger partial charge in [0.25, 0.3) is 0 Å². The van der Waals surface area contributed by atoms with E-state index in [0.29, 0.717) is 12.8 Å². The number of allylic oxidation sites excluding steroid dienone is 23. The molecular weight excluding hydrogens is 830 g/mol. The van der Waals surface area contributed by atoms with Gasteiger partial charge in [-0.2, -0.15) is 0 Å². The molecule has 4 N–H and O–H groups in total. The Kier molecular flexibility index (Phi) is 41.7. The normalized spacial score (nSPS) is 14.9. The zero-order valence-corrected chi connectivity index (χ0v) is 39.4. The number of phosphoric ester groups is 1. The molecule has 356 valence electrons. The Hall–Kier alpha value is -4.64. The van der Waals surface area contributed by atoms with Crippen molar-refractivity contribution in [3.05, 3.63) is 146 Å². The van der Waals surface area contributed by atoms with Crippen molar-refractivity contribution in [3.8, 4) is 0 Å². The number of carbonyl (C=O) groups is 3. The molecule has 0 saturated carbocycles. The smallest absolute Gasteiger partial charge is 0.472 e. The average Bonchev–Trinajstić information content (AvgIpc) is 3.27. The molecule has 1 amide bonds. The molecule has 0 aromatic rings. The Labute approximate surface area is 384 Å². The van der Waals surface area contributed by atoms with Crippen molar-refractivity contribution in [1.82, 2.24) is 5.32 Å². The highest BCUT2D eigenvalue weighted by Crippen LogP contribution is 2.43. The summed E-state index contributed by atoms with van der Waals surface area (Å²) in [6.45, 7) is 2.21. The van der Waals surface area contributed by atoms with Crippen LogP contribution in [0.1, 0.15) is 129 Å². The Morgan fingerprint density at radius 2 is 0.891 bits per heavy atom. The number of ether oxygens (including phenoxy) is 1. The summed E-state index contributed by atoms with van der Waals surface area (Å²) in [5.74, 6) is -2.59. The number of hydrogen-bond acceptors (Lipinski definition) is 8. The number of nitrogens with one attached hydrogen (secondary N) is 1. The van der Waals surface area contributed by atoms with E-state index in [4.69, 9.17) is 13.8 Å². The van der Waals surface area contributed by atoms with Gasteiger partial charge in [-0.15, -0.1) is 0 Å². The van der Waals surface area contributed by atoms with Crippen molar-refractivity contribution < 1.29 is 47.8 Å². The Morgan fingerprint density at radius 3 is 1.30 bits per heavy atom. The SMILES string of the molecule is CC/C=C\C/C=C\C/C=C\C/C=C\C/C=C\C/C=C\C/C=C\CC(=O)OCC(O)COP(=O)(O)OCC(NC(=O)CCCCC/C=C\C/C=C\C/C=C\C/C=C\C/C=C\CC)C(=O)O. The van der Waals surface area contributed by atoms with Crippen molar-refractivity contribution in [3.63, 3.8) is 0 Å². The Morgan fingerprint density at radius 1 is 0.516 bits per heavy atom. The first kappa shape index (κ1) is 59.4. The number of hydrogen-bond donors (Lipinski definition) is 4. The zero-order valence-electron chi connectivity index (χ0n) is 38.5. The summed E-state index contributed by atoms with van der Waals surface area (Å²) in [7, 11) is -4.80. The second-order valence-electron chi connectivity index (χ2n) is 14.5. The third-order valence-corrected chi connectivity index (χ3v) is 9.61. The van der Waals surface area contributed by atoms with Crippen LogP contribution < -0.4 is 5.32 Å². The lowest BCUT2D eigenvalue weighted by molar-refractivity contribution is -0.146. The van der Waals surface area contributed by atoms with Gasteiger partial charge in [0.15, 0.2) is 6.04 Å². The van der Waals surface area contributed by atoms with Crippen molar-refractivity contribution in [2.45, 2.75) is 142 Å². The predicted octanol–water partition coefficient (Wildman–Crippen LogP) is 12.3. The summed E-state index contributed by atoms with van der Waals surface area (Å²) < 4.78 is 26.8. The van der Waals surface area contributed by atoms with Gasteiger partial charge in [-0.3, -0.25) is 18.6 Å². The zero-order chi connectivity index (χ0) is 47.0. The molecule has 0 aliphatic carbocycles. The number of carboxylic acid groups (broad SMARTS) is 1. The summed E-state index contributed by atoms with van der Waals surface area (Å²) >= 11 is 0. The standard InChI is InChI=1S/C52H78NO10P/c1-3-5-7-9-11-13-15-17-19-21-23-24-26-28-30-32-34-36-38-40-42-44-51(56)61-45-48(54)46-62-64(59,60)63-47-49(52(57)58)53-50(55)43-41-39-37-35-33-31-29-27-25-22-20-18-16-14-12-10-8-6-4-2/h5-8,11-14,17-20,23-25,27-28,30-31,33-34,36,40,42,48-49,54H,3-4,9-10,15-16,21-22,26,29,32,35,37-39,41,43-47H2,1-2H3,(H,53,55)(H,57,58)(H,59,60)/b7-5-,8-6-,13-11-,14-12-,19-17-,20-18-,24-23-,27-25-,30-28-,33-31-,36-34-,42-40-. The maximum Gasteiger partial charge on any atom is 0.472 e. The van der Waals surface area contributed by atoms with E-state index >= 15 is 0 Å². The fourth-order valence-electron chi connectivity index (χ4n) is 5.19. The molecule has 0 radical (unpaired) electrons. The minimum Gasteiger partial charge on any atom is -0.480 e. The van der Waals surface area contributed by atoms with Crippen LogP contribution in [0.3, 0.4) is 0 Å². The van der Waals surface area contributed by atoms with Crippen molar-refractivity contribution in [2.24, 2.45) is 0 Å². The molecule has 3 unspecified atom stereocenters. The van der Waals surface area contributed by atoms with Gasteiger partial charge in [-0.05, 0) is 96.3 Å². The number of phosphoric acid groups is 1. The highest BCUT2D eigenvalue weighted by molar-refractivity contribution is 7.47. The van der Waals surface area contributed by atoms with Crippen LogP contribution >= 0.6 is 7.82 Å².